The lowest BCUT2D eigenvalue weighted by Crippen LogP contribution is -2.39. The fraction of sp³-hybridized carbons (Fsp3) is 0.533. The molecule has 6 nitrogen and oxygen atoms in total. The highest BCUT2D eigenvalue weighted by Gasteiger charge is 2.21. The van der Waals surface area contributed by atoms with Crippen LogP contribution in [0.2, 0.25) is 0 Å². The average Bonchev–Trinajstić information content (AvgIpc) is 2.48. The molecule has 6 heteroatoms. The second-order valence-corrected chi connectivity index (χ2v) is 5.48. The van der Waals surface area contributed by atoms with E-state index in [1.165, 1.54) is 24.3 Å². The Morgan fingerprint density at radius 2 is 2.10 bits per heavy atom. The molecule has 1 aromatic carbocycles. The molecule has 1 unspecified atom stereocenters. The van der Waals surface area contributed by atoms with E-state index < -0.39 is 4.92 Å². The summed E-state index contributed by atoms with van der Waals surface area (Å²) in [5.74, 6) is 0.433. The molecule has 1 aliphatic heterocycles. The van der Waals surface area contributed by atoms with Crippen LogP contribution in [0.1, 0.15) is 29.6 Å². The van der Waals surface area contributed by atoms with Gasteiger partial charge in [0.25, 0.3) is 5.69 Å². The van der Waals surface area contributed by atoms with Crippen molar-refractivity contribution in [2.45, 2.75) is 19.3 Å². The van der Waals surface area contributed by atoms with E-state index in [4.69, 9.17) is 5.11 Å². The second kappa shape index (κ2) is 7.28. The average molecular weight is 292 g/mol. The molecule has 0 bridgehead atoms. The largest absolute Gasteiger partial charge is 0.396 e. The zero-order chi connectivity index (χ0) is 15.2. The van der Waals surface area contributed by atoms with Gasteiger partial charge in [-0.15, -0.1) is 0 Å². The van der Waals surface area contributed by atoms with Gasteiger partial charge in [-0.05, 0) is 43.9 Å². The molecule has 1 heterocycles. The normalized spacial score (nSPS) is 19.4. The Morgan fingerprint density at radius 3 is 2.71 bits per heavy atom. The number of non-ortho nitro benzene ring substituents is 1. The van der Waals surface area contributed by atoms with Gasteiger partial charge in [0.1, 0.15) is 0 Å². The standard InChI is InChI=1S/C15H20N2O4/c18-9-7-12-2-1-8-16(10-12)11-15(19)13-3-5-14(6-4-13)17(20)21/h3-6,12,18H,1-2,7-11H2. The van der Waals surface area contributed by atoms with Crippen molar-refractivity contribution in [2.24, 2.45) is 5.92 Å². The highest BCUT2D eigenvalue weighted by Crippen LogP contribution is 2.20. The fourth-order valence-electron chi connectivity index (χ4n) is 2.78. The number of likely N-dealkylation sites (tertiary alicyclic amines) is 1. The first-order valence-electron chi connectivity index (χ1n) is 7.21. The molecule has 1 fully saturated rings. The van der Waals surface area contributed by atoms with Crippen molar-refractivity contribution in [3.05, 3.63) is 39.9 Å². The first-order chi connectivity index (χ1) is 10.1. The molecule has 114 valence electrons. The minimum absolute atomic E-state index is 0.00691. The van der Waals surface area contributed by atoms with Crippen molar-refractivity contribution in [1.29, 1.82) is 0 Å². The van der Waals surface area contributed by atoms with Crippen LogP contribution in [-0.4, -0.2) is 47.0 Å². The Kier molecular flexibility index (Phi) is 5.41. The summed E-state index contributed by atoms with van der Waals surface area (Å²) < 4.78 is 0. The number of nitro benzene ring substituents is 1. The van der Waals surface area contributed by atoms with Crippen molar-refractivity contribution in [2.75, 3.05) is 26.2 Å². The van der Waals surface area contributed by atoms with Crippen LogP contribution >= 0.6 is 0 Å². The number of nitro groups is 1. The summed E-state index contributed by atoms with van der Waals surface area (Å²) in [5, 5.41) is 19.6. The van der Waals surface area contributed by atoms with Gasteiger partial charge >= 0.3 is 0 Å². The number of Topliss-reactive ketones (excluding diaryl/α,β-unsaturated/α-hetero) is 1. The fourth-order valence-corrected chi connectivity index (χ4v) is 2.78. The van der Waals surface area contributed by atoms with Gasteiger partial charge in [0.2, 0.25) is 0 Å². The highest BCUT2D eigenvalue weighted by atomic mass is 16.6. The molecule has 0 radical (unpaired) electrons. The SMILES string of the molecule is O=C(CN1CCCC(CCO)C1)c1ccc([N+](=O)[O-])cc1. The zero-order valence-electron chi connectivity index (χ0n) is 11.9. The van der Waals surface area contributed by atoms with Gasteiger partial charge in [-0.25, -0.2) is 0 Å². The van der Waals surface area contributed by atoms with Gasteiger partial charge in [-0.3, -0.25) is 19.8 Å². The number of carbonyl (C=O) groups excluding carboxylic acids is 1. The molecule has 0 spiro atoms. The molecule has 0 aromatic heterocycles. The van der Waals surface area contributed by atoms with Crippen LogP contribution in [-0.2, 0) is 0 Å². The summed E-state index contributed by atoms with van der Waals surface area (Å²) in [7, 11) is 0. The molecule has 1 saturated heterocycles. The molecule has 0 amide bonds. The molecular formula is C15H20N2O4. The predicted octanol–water partition coefficient (Wildman–Crippen LogP) is 1.87. The van der Waals surface area contributed by atoms with Crippen LogP contribution in [0.3, 0.4) is 0 Å². The maximum Gasteiger partial charge on any atom is 0.269 e. The summed E-state index contributed by atoms with van der Waals surface area (Å²) >= 11 is 0. The summed E-state index contributed by atoms with van der Waals surface area (Å²) in [6.45, 7) is 2.24. The van der Waals surface area contributed by atoms with E-state index >= 15 is 0 Å². The minimum Gasteiger partial charge on any atom is -0.396 e. The van der Waals surface area contributed by atoms with E-state index in [0.717, 1.165) is 32.4 Å². The number of hydrogen-bond donors (Lipinski definition) is 1. The first kappa shape index (κ1) is 15.6. The smallest absolute Gasteiger partial charge is 0.269 e. The first-order valence-corrected chi connectivity index (χ1v) is 7.21. The summed E-state index contributed by atoms with van der Waals surface area (Å²) in [4.78, 5) is 24.4. The monoisotopic (exact) mass is 292 g/mol. The summed E-state index contributed by atoms with van der Waals surface area (Å²) in [6, 6.07) is 5.74. The quantitative estimate of drug-likeness (QED) is 0.491. The lowest BCUT2D eigenvalue weighted by molar-refractivity contribution is -0.384. The molecular weight excluding hydrogens is 272 g/mol. The van der Waals surface area contributed by atoms with Gasteiger partial charge in [-0.2, -0.15) is 0 Å². The second-order valence-electron chi connectivity index (χ2n) is 5.48. The van der Waals surface area contributed by atoms with E-state index in [2.05, 4.69) is 4.90 Å². The van der Waals surface area contributed by atoms with Crippen molar-refractivity contribution in [3.8, 4) is 0 Å². The zero-order valence-corrected chi connectivity index (χ0v) is 11.9. The number of aliphatic hydroxyl groups excluding tert-OH is 1. The van der Waals surface area contributed by atoms with Crippen LogP contribution in [0.5, 0.6) is 0 Å². The number of benzene rings is 1. The molecule has 2 rings (SSSR count). The van der Waals surface area contributed by atoms with Crippen molar-refractivity contribution < 1.29 is 14.8 Å². The Balaban J connectivity index is 1.92. The number of aliphatic hydroxyl groups is 1. The summed E-state index contributed by atoms with van der Waals surface area (Å²) in [6.07, 6.45) is 2.92. The Labute approximate surface area is 123 Å². The van der Waals surface area contributed by atoms with Crippen molar-refractivity contribution in [3.63, 3.8) is 0 Å². The number of piperidine rings is 1. The molecule has 21 heavy (non-hydrogen) atoms. The van der Waals surface area contributed by atoms with Gasteiger partial charge < -0.3 is 5.11 Å². The number of ketones is 1. The van der Waals surface area contributed by atoms with Gasteiger partial charge in [-0.1, -0.05) is 0 Å². The number of rotatable bonds is 6. The molecule has 0 saturated carbocycles. The van der Waals surface area contributed by atoms with Crippen LogP contribution < -0.4 is 0 Å². The lowest BCUT2D eigenvalue weighted by Gasteiger charge is -2.31. The van der Waals surface area contributed by atoms with E-state index in [1.807, 2.05) is 0 Å². The maximum absolute atomic E-state index is 12.2. The third kappa shape index (κ3) is 4.34. The predicted molar refractivity (Wildman–Crippen MR) is 78.3 cm³/mol. The van der Waals surface area contributed by atoms with Crippen molar-refractivity contribution in [1.82, 2.24) is 4.90 Å². The minimum atomic E-state index is -0.474. The van der Waals surface area contributed by atoms with Gasteiger partial charge in [0.15, 0.2) is 5.78 Å². The molecule has 1 N–H and O–H groups in total. The highest BCUT2D eigenvalue weighted by molar-refractivity contribution is 5.97. The molecule has 0 aliphatic carbocycles. The van der Waals surface area contributed by atoms with Gasteiger partial charge in [0, 0.05) is 30.8 Å². The van der Waals surface area contributed by atoms with Crippen LogP contribution in [0.25, 0.3) is 0 Å². The third-order valence-corrected chi connectivity index (χ3v) is 3.91. The van der Waals surface area contributed by atoms with Crippen LogP contribution in [0.4, 0.5) is 5.69 Å². The van der Waals surface area contributed by atoms with E-state index in [-0.39, 0.29) is 18.1 Å². The Hall–Kier alpha value is -1.79. The third-order valence-electron chi connectivity index (χ3n) is 3.91. The molecule has 1 aliphatic rings. The van der Waals surface area contributed by atoms with E-state index in [0.29, 0.717) is 18.0 Å². The van der Waals surface area contributed by atoms with Gasteiger partial charge in [0.05, 0.1) is 11.5 Å². The van der Waals surface area contributed by atoms with E-state index in [1.54, 1.807) is 0 Å². The number of nitrogens with zero attached hydrogens (tertiary/aromatic N) is 2. The lowest BCUT2D eigenvalue weighted by atomic mass is 9.95. The van der Waals surface area contributed by atoms with Crippen LogP contribution in [0.15, 0.2) is 24.3 Å². The topological polar surface area (TPSA) is 83.7 Å². The summed E-state index contributed by atoms with van der Waals surface area (Å²) in [5.41, 5.74) is 0.498. The van der Waals surface area contributed by atoms with Crippen molar-refractivity contribution >= 4 is 11.5 Å². The number of carbonyl (C=O) groups is 1. The maximum atomic E-state index is 12.2. The molecule has 1 atom stereocenters. The van der Waals surface area contributed by atoms with Crippen LogP contribution in [0, 0.1) is 16.0 Å². The Morgan fingerprint density at radius 1 is 1.38 bits per heavy atom. The number of hydrogen-bond acceptors (Lipinski definition) is 5. The Bertz CT molecular complexity index is 499. The molecule has 1 aromatic rings. The van der Waals surface area contributed by atoms with E-state index in [9.17, 15) is 14.9 Å².